The minimum atomic E-state index is -0.544. The predicted octanol–water partition coefficient (Wildman–Crippen LogP) is 5.92. The molecule has 1 saturated carbocycles. The Kier molecular flexibility index (Phi) is 5.90. The number of halogens is 2. The highest BCUT2D eigenvalue weighted by Crippen LogP contribution is 2.46. The molecule has 2 fully saturated rings. The van der Waals surface area contributed by atoms with E-state index in [-0.39, 0.29) is 18.2 Å². The van der Waals surface area contributed by atoms with E-state index in [2.05, 4.69) is 23.0 Å². The van der Waals surface area contributed by atoms with Crippen LogP contribution in [0.15, 0.2) is 30.7 Å². The van der Waals surface area contributed by atoms with Gasteiger partial charge >= 0.3 is 6.09 Å². The van der Waals surface area contributed by atoms with Crippen molar-refractivity contribution in [3.8, 4) is 5.69 Å². The summed E-state index contributed by atoms with van der Waals surface area (Å²) >= 11 is 6.16. The van der Waals surface area contributed by atoms with Crippen LogP contribution >= 0.6 is 11.6 Å². The number of nitrogens with zero attached hydrogens (tertiary/aromatic N) is 5. The van der Waals surface area contributed by atoms with Crippen LogP contribution in [0.3, 0.4) is 0 Å². The normalized spacial score (nSPS) is 21.0. The largest absolute Gasteiger partial charge is 0.444 e. The van der Waals surface area contributed by atoms with Crippen molar-refractivity contribution in [2.24, 2.45) is 0 Å². The summed E-state index contributed by atoms with van der Waals surface area (Å²) in [5.74, 6) is 0.891. The molecular weight excluding hydrogens is 469 g/mol. The number of benzene rings is 1. The molecule has 0 spiro atoms. The number of amides is 1. The molecule has 2 atom stereocenters. The van der Waals surface area contributed by atoms with E-state index in [1.54, 1.807) is 17.3 Å². The monoisotopic (exact) mass is 499 g/mol. The van der Waals surface area contributed by atoms with Gasteiger partial charge in [-0.1, -0.05) is 11.6 Å². The summed E-state index contributed by atoms with van der Waals surface area (Å²) < 4.78 is 21.7. The first-order chi connectivity index (χ1) is 16.5. The summed E-state index contributed by atoms with van der Waals surface area (Å²) in [7, 11) is 0. The van der Waals surface area contributed by atoms with Gasteiger partial charge in [0.05, 0.1) is 11.1 Å². The molecule has 0 bridgehead atoms. The van der Waals surface area contributed by atoms with Gasteiger partial charge in [0.15, 0.2) is 0 Å². The first kappa shape index (κ1) is 23.9. The lowest BCUT2D eigenvalue weighted by Crippen LogP contribution is -2.59. The molecule has 5 rings (SSSR count). The molecule has 1 aromatic carbocycles. The fraction of sp³-hybridized carbons (Fsp3) is 0.500. The maximum atomic E-state index is 14.2. The minimum Gasteiger partial charge on any atom is -0.444 e. The van der Waals surface area contributed by atoms with Crippen molar-refractivity contribution < 1.29 is 13.9 Å². The Morgan fingerprint density at radius 1 is 1.11 bits per heavy atom. The number of rotatable bonds is 3. The van der Waals surface area contributed by atoms with Gasteiger partial charge in [-0.05, 0) is 77.1 Å². The average Bonchev–Trinajstić information content (AvgIpc) is 3.52. The summed E-state index contributed by atoms with van der Waals surface area (Å²) in [6.07, 6.45) is 5.53. The Morgan fingerprint density at radius 2 is 1.86 bits per heavy atom. The first-order valence-corrected chi connectivity index (χ1v) is 12.5. The van der Waals surface area contributed by atoms with Crippen molar-refractivity contribution in [1.29, 1.82) is 0 Å². The topological polar surface area (TPSA) is 63.5 Å². The molecule has 1 aliphatic carbocycles. The Bertz CT molecular complexity index is 1260. The highest BCUT2D eigenvalue weighted by atomic mass is 35.5. The second-order valence-corrected chi connectivity index (χ2v) is 11.2. The second-order valence-electron chi connectivity index (χ2n) is 10.7. The average molecular weight is 500 g/mol. The van der Waals surface area contributed by atoms with Crippen LogP contribution in [-0.2, 0) is 4.74 Å². The summed E-state index contributed by atoms with van der Waals surface area (Å²) in [6, 6.07) is 4.47. The SMILES string of the molecule is C[C@@H]1CN(c2ncnc3c2c(C2CC2)cn3-c2cc(F)cc(Cl)c2)[C@@H](C)CN1C(=O)OC(C)(C)C. The molecule has 186 valence electrons. The van der Waals surface area contributed by atoms with Crippen LogP contribution in [0.25, 0.3) is 16.7 Å². The molecule has 9 heteroatoms. The van der Waals surface area contributed by atoms with Crippen molar-refractivity contribution >= 4 is 34.5 Å². The molecule has 2 aromatic heterocycles. The van der Waals surface area contributed by atoms with E-state index >= 15 is 0 Å². The Hall–Kier alpha value is -2.87. The number of carbonyl (C=O) groups is 1. The summed E-state index contributed by atoms with van der Waals surface area (Å²) in [5.41, 5.74) is 1.99. The van der Waals surface area contributed by atoms with E-state index in [1.165, 1.54) is 17.7 Å². The molecule has 1 aliphatic heterocycles. The summed E-state index contributed by atoms with van der Waals surface area (Å²) in [6.45, 7) is 10.9. The van der Waals surface area contributed by atoms with E-state index in [4.69, 9.17) is 21.3 Å². The molecule has 2 aliphatic rings. The van der Waals surface area contributed by atoms with Gasteiger partial charge in [0, 0.05) is 36.4 Å². The third-order valence-electron chi connectivity index (χ3n) is 6.62. The molecule has 0 unspecified atom stereocenters. The lowest BCUT2D eigenvalue weighted by atomic mass is 10.1. The van der Waals surface area contributed by atoms with E-state index in [0.29, 0.717) is 29.7 Å². The van der Waals surface area contributed by atoms with E-state index in [1.807, 2.05) is 32.3 Å². The van der Waals surface area contributed by atoms with Crippen molar-refractivity contribution in [3.63, 3.8) is 0 Å². The fourth-order valence-electron chi connectivity index (χ4n) is 4.87. The number of hydrogen-bond donors (Lipinski definition) is 0. The van der Waals surface area contributed by atoms with Crippen LogP contribution in [0.4, 0.5) is 15.0 Å². The third kappa shape index (κ3) is 4.68. The Morgan fingerprint density at radius 3 is 2.51 bits per heavy atom. The van der Waals surface area contributed by atoms with Gasteiger partial charge in [-0.2, -0.15) is 0 Å². The summed E-state index contributed by atoms with van der Waals surface area (Å²) in [5, 5.41) is 1.32. The highest BCUT2D eigenvalue weighted by Gasteiger charge is 2.37. The first-order valence-electron chi connectivity index (χ1n) is 12.1. The Labute approximate surface area is 209 Å². The quantitative estimate of drug-likeness (QED) is 0.447. The third-order valence-corrected chi connectivity index (χ3v) is 6.84. The van der Waals surface area contributed by atoms with Crippen LogP contribution < -0.4 is 4.90 Å². The molecular formula is C26H31ClFN5O2. The van der Waals surface area contributed by atoms with Crippen LogP contribution in [0.5, 0.6) is 0 Å². The fourth-order valence-corrected chi connectivity index (χ4v) is 5.08. The molecule has 3 heterocycles. The number of ether oxygens (including phenoxy) is 1. The molecule has 1 amide bonds. The predicted molar refractivity (Wildman–Crippen MR) is 135 cm³/mol. The molecule has 35 heavy (non-hydrogen) atoms. The van der Waals surface area contributed by atoms with Crippen molar-refractivity contribution in [1.82, 2.24) is 19.4 Å². The maximum Gasteiger partial charge on any atom is 0.410 e. The van der Waals surface area contributed by atoms with Gasteiger partial charge in [0.25, 0.3) is 0 Å². The van der Waals surface area contributed by atoms with Crippen LogP contribution in [0.2, 0.25) is 5.02 Å². The van der Waals surface area contributed by atoms with Gasteiger partial charge in [0.2, 0.25) is 0 Å². The molecule has 0 N–H and O–H groups in total. The van der Waals surface area contributed by atoms with Crippen LogP contribution in [0.1, 0.15) is 58.9 Å². The molecule has 0 radical (unpaired) electrons. The standard InChI is InChI=1S/C26H31ClFN5O2/c1-15-12-32(25(34)35-26(3,4)5)16(2)11-31(15)23-22-21(17-6-7-17)13-33(24(22)30-14-29-23)20-9-18(27)8-19(28)10-20/h8-10,13-17H,6-7,11-12H2,1-5H3/t15-,16+/m0/s1. The van der Waals surface area contributed by atoms with E-state index < -0.39 is 11.4 Å². The van der Waals surface area contributed by atoms with Gasteiger partial charge < -0.3 is 19.1 Å². The summed E-state index contributed by atoms with van der Waals surface area (Å²) in [4.78, 5) is 26.2. The smallest absolute Gasteiger partial charge is 0.410 e. The van der Waals surface area contributed by atoms with E-state index in [0.717, 1.165) is 29.7 Å². The zero-order chi connectivity index (χ0) is 25.1. The minimum absolute atomic E-state index is 0.0239. The number of hydrogen-bond acceptors (Lipinski definition) is 5. The molecule has 3 aromatic rings. The number of anilines is 1. The van der Waals surface area contributed by atoms with Crippen LogP contribution in [0, 0.1) is 5.82 Å². The van der Waals surface area contributed by atoms with Crippen molar-refractivity contribution in [2.45, 2.75) is 71.1 Å². The second kappa shape index (κ2) is 8.66. The van der Waals surface area contributed by atoms with Crippen LogP contribution in [-0.4, -0.2) is 56.3 Å². The zero-order valence-corrected chi connectivity index (χ0v) is 21.5. The number of carbonyl (C=O) groups excluding carboxylic acids is 1. The number of aromatic nitrogens is 3. The zero-order valence-electron chi connectivity index (χ0n) is 20.8. The Balaban J connectivity index is 1.54. The highest BCUT2D eigenvalue weighted by molar-refractivity contribution is 6.30. The van der Waals surface area contributed by atoms with Crippen molar-refractivity contribution in [3.05, 3.63) is 47.1 Å². The number of piperazine rings is 1. The van der Waals surface area contributed by atoms with Gasteiger partial charge in [-0.25, -0.2) is 19.2 Å². The van der Waals surface area contributed by atoms with Gasteiger partial charge in [-0.15, -0.1) is 0 Å². The van der Waals surface area contributed by atoms with Gasteiger partial charge in [0.1, 0.15) is 29.2 Å². The van der Waals surface area contributed by atoms with E-state index in [9.17, 15) is 9.18 Å². The maximum absolute atomic E-state index is 14.2. The molecule has 7 nitrogen and oxygen atoms in total. The lowest BCUT2D eigenvalue weighted by molar-refractivity contribution is 0.0130. The molecule has 1 saturated heterocycles. The lowest BCUT2D eigenvalue weighted by Gasteiger charge is -2.44. The van der Waals surface area contributed by atoms with Crippen molar-refractivity contribution in [2.75, 3.05) is 18.0 Å². The number of fused-ring (bicyclic) bond motifs is 1. The van der Waals surface area contributed by atoms with Gasteiger partial charge in [-0.3, -0.25) is 0 Å².